The quantitative estimate of drug-likeness (QED) is 0.312. The Balaban J connectivity index is 1.62. The first-order valence-corrected chi connectivity index (χ1v) is 11.2. The number of fused-ring (bicyclic) bond motifs is 1. The molecule has 0 aliphatic rings. The van der Waals surface area contributed by atoms with Gasteiger partial charge in [-0.15, -0.1) is 0 Å². The molecule has 0 aliphatic heterocycles. The summed E-state index contributed by atoms with van der Waals surface area (Å²) in [7, 11) is 0. The first kappa shape index (κ1) is 21.7. The zero-order valence-electron chi connectivity index (χ0n) is 17.4. The molecule has 0 atom stereocenters. The average molecular weight is 410 g/mol. The number of rotatable bonds is 12. The van der Waals surface area contributed by atoms with Crippen molar-refractivity contribution in [3.63, 3.8) is 0 Å². The van der Waals surface area contributed by atoms with Crippen LogP contribution in [0.4, 0.5) is 0 Å². The fourth-order valence-electron chi connectivity index (χ4n) is 3.62. The van der Waals surface area contributed by atoms with Crippen LogP contribution in [0.15, 0.2) is 60.7 Å². The SMILES string of the molecule is CCCCCCCCNCc1c(OCc2ccc(Cl)cc2)ccc2ccccc12. The molecule has 0 bridgehead atoms. The van der Waals surface area contributed by atoms with Crippen LogP contribution in [0.25, 0.3) is 10.8 Å². The van der Waals surface area contributed by atoms with Crippen LogP contribution in [0, 0.1) is 0 Å². The molecule has 3 aromatic carbocycles. The van der Waals surface area contributed by atoms with E-state index in [1.165, 1.54) is 54.9 Å². The van der Waals surface area contributed by atoms with Crippen molar-refractivity contribution >= 4 is 22.4 Å². The lowest BCUT2D eigenvalue weighted by Crippen LogP contribution is -2.16. The molecule has 29 heavy (non-hydrogen) atoms. The number of hydrogen-bond acceptors (Lipinski definition) is 2. The summed E-state index contributed by atoms with van der Waals surface area (Å²) in [6.07, 6.45) is 7.91. The van der Waals surface area contributed by atoms with Gasteiger partial charge >= 0.3 is 0 Å². The van der Waals surface area contributed by atoms with Gasteiger partial charge in [-0.3, -0.25) is 0 Å². The van der Waals surface area contributed by atoms with Crippen LogP contribution in [-0.2, 0) is 13.2 Å². The molecular weight excluding hydrogens is 378 g/mol. The predicted molar refractivity (Wildman–Crippen MR) is 125 cm³/mol. The van der Waals surface area contributed by atoms with Gasteiger partial charge in [-0.2, -0.15) is 0 Å². The first-order chi connectivity index (χ1) is 14.3. The van der Waals surface area contributed by atoms with Gasteiger partial charge in [0.15, 0.2) is 0 Å². The zero-order chi connectivity index (χ0) is 20.3. The highest BCUT2D eigenvalue weighted by molar-refractivity contribution is 6.30. The molecule has 0 unspecified atom stereocenters. The lowest BCUT2D eigenvalue weighted by atomic mass is 10.0. The van der Waals surface area contributed by atoms with E-state index in [1.807, 2.05) is 24.3 Å². The van der Waals surface area contributed by atoms with Gasteiger partial charge in [0.2, 0.25) is 0 Å². The maximum atomic E-state index is 6.21. The molecule has 0 radical (unpaired) electrons. The Kier molecular flexibility index (Phi) is 8.85. The molecule has 0 amide bonds. The van der Waals surface area contributed by atoms with Crippen LogP contribution in [0.1, 0.15) is 56.6 Å². The molecule has 1 N–H and O–H groups in total. The summed E-state index contributed by atoms with van der Waals surface area (Å²) in [5.41, 5.74) is 2.36. The van der Waals surface area contributed by atoms with Gasteiger partial charge in [0.1, 0.15) is 12.4 Å². The van der Waals surface area contributed by atoms with E-state index >= 15 is 0 Å². The third-order valence-corrected chi connectivity index (χ3v) is 5.57. The topological polar surface area (TPSA) is 21.3 Å². The van der Waals surface area contributed by atoms with E-state index in [0.717, 1.165) is 29.4 Å². The number of unbranched alkanes of at least 4 members (excludes halogenated alkanes) is 5. The Morgan fingerprint density at radius 1 is 0.828 bits per heavy atom. The van der Waals surface area contributed by atoms with Gasteiger partial charge in [-0.1, -0.05) is 93.1 Å². The second-order valence-electron chi connectivity index (χ2n) is 7.62. The summed E-state index contributed by atoms with van der Waals surface area (Å²) in [6, 6.07) is 20.6. The molecular formula is C26H32ClNO. The molecule has 3 heteroatoms. The van der Waals surface area contributed by atoms with Crippen molar-refractivity contribution < 1.29 is 4.74 Å². The summed E-state index contributed by atoms with van der Waals surface area (Å²) in [5, 5.41) is 6.90. The maximum Gasteiger partial charge on any atom is 0.124 e. The number of benzene rings is 3. The van der Waals surface area contributed by atoms with Crippen LogP contribution in [-0.4, -0.2) is 6.54 Å². The Morgan fingerprint density at radius 3 is 2.41 bits per heavy atom. The largest absolute Gasteiger partial charge is 0.489 e. The fourth-order valence-corrected chi connectivity index (χ4v) is 3.74. The Morgan fingerprint density at radius 2 is 1.59 bits per heavy atom. The van der Waals surface area contributed by atoms with Crippen molar-refractivity contribution in [1.29, 1.82) is 0 Å². The van der Waals surface area contributed by atoms with E-state index < -0.39 is 0 Å². The molecule has 0 fully saturated rings. The van der Waals surface area contributed by atoms with Gasteiger partial charge in [-0.25, -0.2) is 0 Å². The normalized spacial score (nSPS) is 11.1. The summed E-state index contributed by atoms with van der Waals surface area (Å²) in [4.78, 5) is 0. The minimum Gasteiger partial charge on any atom is -0.489 e. The molecule has 3 aromatic rings. The summed E-state index contributed by atoms with van der Waals surface area (Å²) in [5.74, 6) is 0.953. The fraction of sp³-hybridized carbons (Fsp3) is 0.385. The van der Waals surface area contributed by atoms with Crippen molar-refractivity contribution in [2.24, 2.45) is 0 Å². The van der Waals surface area contributed by atoms with Gasteiger partial charge in [-0.05, 0) is 47.5 Å². The van der Waals surface area contributed by atoms with Crippen molar-refractivity contribution in [3.05, 3.63) is 76.8 Å². The van der Waals surface area contributed by atoms with E-state index in [2.05, 4.69) is 48.6 Å². The highest BCUT2D eigenvalue weighted by Crippen LogP contribution is 2.29. The Labute approximate surface area is 180 Å². The molecule has 0 aromatic heterocycles. The summed E-state index contributed by atoms with van der Waals surface area (Å²) < 4.78 is 6.21. The van der Waals surface area contributed by atoms with E-state index in [4.69, 9.17) is 16.3 Å². The maximum absolute atomic E-state index is 6.21. The molecule has 0 spiro atoms. The van der Waals surface area contributed by atoms with Crippen molar-refractivity contribution in [2.45, 2.75) is 58.6 Å². The highest BCUT2D eigenvalue weighted by Gasteiger charge is 2.09. The van der Waals surface area contributed by atoms with Crippen molar-refractivity contribution in [3.8, 4) is 5.75 Å². The van der Waals surface area contributed by atoms with Crippen molar-refractivity contribution in [1.82, 2.24) is 5.32 Å². The third kappa shape index (κ3) is 6.76. The van der Waals surface area contributed by atoms with Crippen LogP contribution in [0.5, 0.6) is 5.75 Å². The standard InChI is InChI=1S/C26H32ClNO/c1-2-3-4-5-6-9-18-28-19-25-24-11-8-7-10-22(24)14-17-26(25)29-20-21-12-15-23(27)16-13-21/h7-8,10-17,28H,2-6,9,18-20H2,1H3. The van der Waals surface area contributed by atoms with E-state index in [9.17, 15) is 0 Å². The molecule has 2 nitrogen and oxygen atoms in total. The van der Waals surface area contributed by atoms with Gasteiger partial charge < -0.3 is 10.1 Å². The van der Waals surface area contributed by atoms with Gasteiger partial charge in [0.25, 0.3) is 0 Å². The molecule has 0 saturated carbocycles. The predicted octanol–water partition coefficient (Wildman–Crippen LogP) is 7.52. The lowest BCUT2D eigenvalue weighted by Gasteiger charge is -2.15. The van der Waals surface area contributed by atoms with E-state index in [0.29, 0.717) is 6.61 Å². The van der Waals surface area contributed by atoms with Crippen LogP contribution in [0.2, 0.25) is 5.02 Å². The second-order valence-corrected chi connectivity index (χ2v) is 8.06. The van der Waals surface area contributed by atoms with E-state index in [-0.39, 0.29) is 0 Å². The van der Waals surface area contributed by atoms with Crippen LogP contribution < -0.4 is 10.1 Å². The van der Waals surface area contributed by atoms with Crippen LogP contribution >= 0.6 is 11.6 Å². The highest BCUT2D eigenvalue weighted by atomic mass is 35.5. The minimum absolute atomic E-state index is 0.542. The lowest BCUT2D eigenvalue weighted by molar-refractivity contribution is 0.302. The van der Waals surface area contributed by atoms with Gasteiger partial charge in [0.05, 0.1) is 0 Å². The zero-order valence-corrected chi connectivity index (χ0v) is 18.2. The van der Waals surface area contributed by atoms with E-state index in [1.54, 1.807) is 0 Å². The Bertz CT molecular complexity index is 876. The number of hydrogen-bond donors (Lipinski definition) is 1. The van der Waals surface area contributed by atoms with Crippen molar-refractivity contribution in [2.75, 3.05) is 6.54 Å². The summed E-state index contributed by atoms with van der Waals surface area (Å²) >= 11 is 5.99. The second kappa shape index (κ2) is 11.8. The smallest absolute Gasteiger partial charge is 0.124 e. The molecule has 0 saturated heterocycles. The molecule has 0 aliphatic carbocycles. The van der Waals surface area contributed by atoms with Crippen LogP contribution in [0.3, 0.4) is 0 Å². The Hall–Kier alpha value is -2.03. The average Bonchev–Trinajstić information content (AvgIpc) is 2.75. The number of nitrogens with one attached hydrogen (secondary N) is 1. The number of halogens is 1. The first-order valence-electron chi connectivity index (χ1n) is 10.9. The molecule has 3 rings (SSSR count). The molecule has 0 heterocycles. The minimum atomic E-state index is 0.542. The third-order valence-electron chi connectivity index (χ3n) is 5.31. The summed E-state index contributed by atoms with van der Waals surface area (Å²) in [6.45, 7) is 4.68. The number of ether oxygens (including phenoxy) is 1. The monoisotopic (exact) mass is 409 g/mol. The molecule has 154 valence electrons. The van der Waals surface area contributed by atoms with Gasteiger partial charge in [0, 0.05) is 17.1 Å².